The zero-order valence-electron chi connectivity index (χ0n) is 15.5. The van der Waals surface area contributed by atoms with Gasteiger partial charge in [-0.3, -0.25) is 4.79 Å². The SMILES string of the molecule is CC(C)=CC(=O)O[C@@H]1c2c(C)coc2C(=O)[C@@H]2CCC[C@@](C)(O)[C@@]12C. The first kappa shape index (κ1) is 17.9. The highest BCUT2D eigenvalue weighted by atomic mass is 16.5. The molecule has 5 nitrogen and oxygen atoms in total. The molecule has 0 radical (unpaired) electrons. The number of aryl methyl sites for hydroxylation is 1. The highest BCUT2D eigenvalue weighted by Crippen LogP contribution is 2.60. The Morgan fingerprint density at radius 2 is 2.08 bits per heavy atom. The van der Waals surface area contributed by atoms with E-state index in [1.54, 1.807) is 6.92 Å². The van der Waals surface area contributed by atoms with Gasteiger partial charge in [0.15, 0.2) is 5.76 Å². The molecule has 1 aromatic rings. The second kappa shape index (κ2) is 5.84. The molecule has 0 aromatic carbocycles. The van der Waals surface area contributed by atoms with Crippen LogP contribution >= 0.6 is 0 Å². The number of carbonyl (C=O) groups is 2. The number of fused-ring (bicyclic) bond motifs is 2. The molecular formula is C20H26O5. The topological polar surface area (TPSA) is 76.7 Å². The van der Waals surface area contributed by atoms with E-state index in [1.807, 2.05) is 27.7 Å². The molecule has 1 aromatic heterocycles. The number of hydrogen-bond acceptors (Lipinski definition) is 5. The summed E-state index contributed by atoms with van der Waals surface area (Å²) in [5.41, 5.74) is 0.178. The molecule has 0 saturated heterocycles. The summed E-state index contributed by atoms with van der Waals surface area (Å²) in [4.78, 5) is 25.4. The van der Waals surface area contributed by atoms with E-state index < -0.39 is 29.0 Å². The summed E-state index contributed by atoms with van der Waals surface area (Å²) in [5, 5.41) is 11.2. The lowest BCUT2D eigenvalue weighted by atomic mass is 9.51. The predicted molar refractivity (Wildman–Crippen MR) is 92.1 cm³/mol. The third-order valence-corrected chi connectivity index (χ3v) is 6.05. The first-order valence-electron chi connectivity index (χ1n) is 8.79. The molecule has 0 bridgehead atoms. The van der Waals surface area contributed by atoms with Crippen molar-refractivity contribution in [2.75, 3.05) is 0 Å². The average molecular weight is 346 g/mol. The van der Waals surface area contributed by atoms with Gasteiger partial charge in [0.05, 0.1) is 11.9 Å². The molecule has 1 fully saturated rings. The molecule has 0 spiro atoms. The second-order valence-electron chi connectivity index (χ2n) is 8.07. The molecule has 25 heavy (non-hydrogen) atoms. The lowest BCUT2D eigenvalue weighted by molar-refractivity contribution is -0.194. The van der Waals surface area contributed by atoms with E-state index in [-0.39, 0.29) is 11.5 Å². The molecule has 3 rings (SSSR count). The van der Waals surface area contributed by atoms with E-state index in [0.717, 1.165) is 17.6 Å². The summed E-state index contributed by atoms with van der Waals surface area (Å²) in [7, 11) is 0. The van der Waals surface area contributed by atoms with Crippen LogP contribution in [0.25, 0.3) is 0 Å². The average Bonchev–Trinajstić information content (AvgIpc) is 2.87. The minimum atomic E-state index is -1.12. The molecule has 5 heteroatoms. The van der Waals surface area contributed by atoms with Gasteiger partial charge in [-0.15, -0.1) is 0 Å². The zero-order chi connectivity index (χ0) is 18.6. The van der Waals surface area contributed by atoms with Crippen LogP contribution in [-0.4, -0.2) is 22.5 Å². The van der Waals surface area contributed by atoms with Crippen molar-refractivity contribution < 1.29 is 23.8 Å². The lowest BCUT2D eigenvalue weighted by Gasteiger charge is -2.55. The fraction of sp³-hybridized carbons (Fsp3) is 0.600. The smallest absolute Gasteiger partial charge is 0.331 e. The number of rotatable bonds is 2. The largest absolute Gasteiger partial charge is 0.461 e. The third-order valence-electron chi connectivity index (χ3n) is 6.05. The Bertz CT molecular complexity index is 750. The maximum Gasteiger partial charge on any atom is 0.331 e. The van der Waals surface area contributed by atoms with Gasteiger partial charge in [0.1, 0.15) is 6.10 Å². The molecule has 0 aliphatic heterocycles. The van der Waals surface area contributed by atoms with Crippen LogP contribution in [0.2, 0.25) is 0 Å². The van der Waals surface area contributed by atoms with Crippen molar-refractivity contribution >= 4 is 11.8 Å². The normalized spacial score (nSPS) is 34.1. The van der Waals surface area contributed by atoms with Gasteiger partial charge in [-0.25, -0.2) is 4.79 Å². The summed E-state index contributed by atoms with van der Waals surface area (Å²) < 4.78 is 11.4. The van der Waals surface area contributed by atoms with Gasteiger partial charge in [0, 0.05) is 23.0 Å². The monoisotopic (exact) mass is 346 g/mol. The van der Waals surface area contributed by atoms with Gasteiger partial charge in [-0.05, 0) is 52.5 Å². The van der Waals surface area contributed by atoms with Crippen LogP contribution in [0.4, 0.5) is 0 Å². The van der Waals surface area contributed by atoms with Gasteiger partial charge in [0.25, 0.3) is 0 Å². The first-order chi connectivity index (χ1) is 11.6. The molecule has 2 aliphatic rings. The summed E-state index contributed by atoms with van der Waals surface area (Å²) in [6.45, 7) is 9.08. The second-order valence-corrected chi connectivity index (χ2v) is 8.07. The van der Waals surface area contributed by atoms with Crippen molar-refractivity contribution in [3.63, 3.8) is 0 Å². The molecular weight excluding hydrogens is 320 g/mol. The molecule has 2 aliphatic carbocycles. The van der Waals surface area contributed by atoms with Gasteiger partial charge in [-0.2, -0.15) is 0 Å². The van der Waals surface area contributed by atoms with Crippen molar-refractivity contribution in [1.29, 1.82) is 0 Å². The van der Waals surface area contributed by atoms with Crippen molar-refractivity contribution in [2.24, 2.45) is 11.3 Å². The van der Waals surface area contributed by atoms with E-state index >= 15 is 0 Å². The van der Waals surface area contributed by atoms with E-state index in [9.17, 15) is 14.7 Å². The lowest BCUT2D eigenvalue weighted by Crippen LogP contribution is -2.59. The van der Waals surface area contributed by atoms with Crippen molar-refractivity contribution in [3.05, 3.63) is 34.8 Å². The molecule has 1 saturated carbocycles. The maximum absolute atomic E-state index is 13.0. The quantitative estimate of drug-likeness (QED) is 0.649. The van der Waals surface area contributed by atoms with Crippen molar-refractivity contribution in [1.82, 2.24) is 0 Å². The van der Waals surface area contributed by atoms with Gasteiger partial charge >= 0.3 is 5.97 Å². The first-order valence-corrected chi connectivity index (χ1v) is 8.79. The molecule has 1 heterocycles. The summed E-state index contributed by atoms with van der Waals surface area (Å²) in [5.74, 6) is -0.723. The third kappa shape index (κ3) is 2.56. The number of Topliss-reactive ketones (excluding diaryl/α,β-unsaturated/α-hetero) is 1. The number of ketones is 1. The molecule has 136 valence electrons. The number of furan rings is 1. The zero-order valence-corrected chi connectivity index (χ0v) is 15.5. The summed E-state index contributed by atoms with van der Waals surface area (Å²) in [6.07, 6.45) is 4.21. The van der Waals surface area contributed by atoms with Crippen LogP contribution in [0.3, 0.4) is 0 Å². The number of aliphatic hydroxyl groups is 1. The summed E-state index contributed by atoms with van der Waals surface area (Å²) in [6, 6.07) is 0. The van der Waals surface area contributed by atoms with Gasteiger partial charge < -0.3 is 14.3 Å². The van der Waals surface area contributed by atoms with E-state index in [2.05, 4.69) is 0 Å². The summed E-state index contributed by atoms with van der Waals surface area (Å²) >= 11 is 0. The molecule has 0 unspecified atom stereocenters. The number of ether oxygens (including phenoxy) is 1. The standard InChI is InChI=1S/C20H26O5/c1-11(2)9-14(21)25-18-15-12(3)10-24-17(15)16(22)13-7-6-8-19(4,23)20(13,18)5/h9-10,13,18,23H,6-8H2,1-5H3/t13-,18+,19+,20+/m0/s1. The minimum absolute atomic E-state index is 0.0971. The van der Waals surface area contributed by atoms with Crippen LogP contribution < -0.4 is 0 Å². The fourth-order valence-corrected chi connectivity index (χ4v) is 4.46. The van der Waals surface area contributed by atoms with Crippen LogP contribution in [0.1, 0.15) is 74.7 Å². The van der Waals surface area contributed by atoms with Gasteiger partial charge in [0.2, 0.25) is 5.78 Å². The molecule has 4 atom stereocenters. The number of allylic oxidation sites excluding steroid dienone is 1. The Kier molecular flexibility index (Phi) is 4.18. The Morgan fingerprint density at radius 1 is 1.40 bits per heavy atom. The highest BCUT2D eigenvalue weighted by Gasteiger charge is 2.63. The Morgan fingerprint density at radius 3 is 2.72 bits per heavy atom. The molecule has 0 amide bonds. The van der Waals surface area contributed by atoms with Crippen LogP contribution in [-0.2, 0) is 9.53 Å². The number of hydrogen-bond donors (Lipinski definition) is 1. The Hall–Kier alpha value is -1.88. The highest BCUT2D eigenvalue weighted by molar-refractivity contribution is 5.99. The van der Waals surface area contributed by atoms with Crippen LogP contribution in [0.15, 0.2) is 22.3 Å². The predicted octanol–water partition coefficient (Wildman–Crippen LogP) is 3.89. The van der Waals surface area contributed by atoms with Crippen molar-refractivity contribution in [3.8, 4) is 0 Å². The fourth-order valence-electron chi connectivity index (χ4n) is 4.46. The number of carbonyl (C=O) groups excluding carboxylic acids is 2. The van der Waals surface area contributed by atoms with E-state index in [0.29, 0.717) is 18.4 Å². The van der Waals surface area contributed by atoms with Crippen LogP contribution in [0, 0.1) is 18.3 Å². The maximum atomic E-state index is 13.0. The Labute approximate surface area is 148 Å². The Balaban J connectivity index is 2.17. The van der Waals surface area contributed by atoms with E-state index in [4.69, 9.17) is 9.15 Å². The van der Waals surface area contributed by atoms with E-state index in [1.165, 1.54) is 12.3 Å². The van der Waals surface area contributed by atoms with Gasteiger partial charge in [-0.1, -0.05) is 12.5 Å². The van der Waals surface area contributed by atoms with Crippen LogP contribution in [0.5, 0.6) is 0 Å². The number of esters is 1. The van der Waals surface area contributed by atoms with Crippen molar-refractivity contribution in [2.45, 2.75) is 65.6 Å². The molecule has 1 N–H and O–H groups in total. The minimum Gasteiger partial charge on any atom is -0.461 e.